The van der Waals surface area contributed by atoms with Crippen molar-refractivity contribution in [2.24, 2.45) is 0 Å². The maximum Gasteiger partial charge on any atom is 0.331 e. The summed E-state index contributed by atoms with van der Waals surface area (Å²) in [5.41, 5.74) is 4.66. The number of hydrogen-bond acceptors (Lipinski definition) is 3. The Morgan fingerprint density at radius 1 is 0.763 bits per heavy atom. The zero-order valence-corrected chi connectivity index (χ0v) is 22.5. The van der Waals surface area contributed by atoms with E-state index in [9.17, 15) is 14.4 Å². The van der Waals surface area contributed by atoms with Crippen molar-refractivity contribution in [2.75, 3.05) is 12.3 Å². The monoisotopic (exact) mass is 556 g/mol. The molecule has 0 aliphatic carbocycles. The van der Waals surface area contributed by atoms with Crippen LogP contribution in [-0.2, 0) is 47.9 Å². The standard InChI is InChI=1S/C26H28N4O6P2/c1-28-26-19-23(4-2-21-6-10-29(11-7-21)14-16-37(31,32)33)25(20-27)18-24(26)5-3-22-8-12-30(13-9-22)15-17-38(34,35)36/h6-13,18-19H,2-5,14-17H2,(H2-2,31,32,33,34,35,36)/p+2. The van der Waals surface area contributed by atoms with Crippen LogP contribution in [0.5, 0.6) is 0 Å². The van der Waals surface area contributed by atoms with Crippen molar-refractivity contribution in [2.45, 2.75) is 38.8 Å². The number of aromatic nitrogens is 2. The third-order valence-corrected chi connectivity index (χ3v) is 7.70. The number of rotatable bonds is 12. The molecule has 2 heterocycles. The number of benzene rings is 1. The molecular weight excluding hydrogens is 526 g/mol. The molecule has 12 heteroatoms. The van der Waals surface area contributed by atoms with Crippen LogP contribution in [-0.4, -0.2) is 31.9 Å². The minimum Gasteiger partial charge on any atom is -0.324 e. The molecule has 0 saturated heterocycles. The second-order valence-electron chi connectivity index (χ2n) is 9.03. The summed E-state index contributed by atoms with van der Waals surface area (Å²) in [5.74, 6) is 0. The van der Waals surface area contributed by atoms with Crippen molar-refractivity contribution in [3.8, 4) is 6.07 Å². The Morgan fingerprint density at radius 3 is 1.61 bits per heavy atom. The topological polar surface area (TPSA) is 151 Å². The first-order chi connectivity index (χ1) is 18.0. The van der Waals surface area contributed by atoms with Crippen LogP contribution in [0.4, 0.5) is 5.69 Å². The maximum absolute atomic E-state index is 11.1. The first-order valence-electron chi connectivity index (χ1n) is 11.9. The van der Waals surface area contributed by atoms with Crippen LogP contribution in [0.1, 0.15) is 27.8 Å². The van der Waals surface area contributed by atoms with Crippen LogP contribution in [0.25, 0.3) is 4.85 Å². The average molecular weight is 556 g/mol. The van der Waals surface area contributed by atoms with Crippen molar-refractivity contribution >= 4 is 20.9 Å². The maximum atomic E-state index is 11.1. The summed E-state index contributed by atoms with van der Waals surface area (Å²) in [5, 5.41) is 9.74. The van der Waals surface area contributed by atoms with Gasteiger partial charge in [-0.1, -0.05) is 12.1 Å². The Hall–Kier alpha value is -3.20. The van der Waals surface area contributed by atoms with E-state index in [0.717, 1.165) is 22.3 Å². The summed E-state index contributed by atoms with van der Waals surface area (Å²) in [4.78, 5) is 39.8. The molecule has 10 nitrogen and oxygen atoms in total. The number of hydrogen-bond donors (Lipinski definition) is 4. The Bertz CT molecular complexity index is 1320. The summed E-state index contributed by atoms with van der Waals surface area (Å²) < 4.78 is 25.5. The van der Waals surface area contributed by atoms with Gasteiger partial charge in [-0.3, -0.25) is 9.13 Å². The molecule has 1 aromatic carbocycles. The van der Waals surface area contributed by atoms with Gasteiger partial charge in [-0.2, -0.15) is 5.26 Å². The zero-order chi connectivity index (χ0) is 27.8. The van der Waals surface area contributed by atoms with E-state index in [2.05, 4.69) is 10.9 Å². The lowest BCUT2D eigenvalue weighted by Crippen LogP contribution is -2.34. The number of aryl methyl sites for hydroxylation is 6. The predicted octanol–water partition coefficient (Wildman–Crippen LogP) is 2.61. The zero-order valence-electron chi connectivity index (χ0n) is 20.7. The van der Waals surface area contributed by atoms with Crippen LogP contribution in [0, 0.1) is 17.9 Å². The van der Waals surface area contributed by atoms with Gasteiger partial charge in [0, 0.05) is 24.3 Å². The fraction of sp³-hybridized carbons (Fsp3) is 0.308. The lowest BCUT2D eigenvalue weighted by Gasteiger charge is -2.10. The highest BCUT2D eigenvalue weighted by atomic mass is 31.2. The van der Waals surface area contributed by atoms with E-state index in [4.69, 9.17) is 26.1 Å². The molecule has 0 fully saturated rings. The van der Waals surface area contributed by atoms with Crippen LogP contribution < -0.4 is 9.13 Å². The highest BCUT2D eigenvalue weighted by Crippen LogP contribution is 2.34. The molecule has 0 aliphatic heterocycles. The quantitative estimate of drug-likeness (QED) is 0.152. The van der Waals surface area contributed by atoms with E-state index in [1.54, 1.807) is 46.1 Å². The molecule has 0 radical (unpaired) electrons. The van der Waals surface area contributed by atoms with Gasteiger partial charge >= 0.3 is 15.2 Å². The van der Waals surface area contributed by atoms with Crippen molar-refractivity contribution in [3.05, 3.63) is 100 Å². The van der Waals surface area contributed by atoms with Crippen molar-refractivity contribution in [1.29, 1.82) is 5.26 Å². The van der Waals surface area contributed by atoms with Crippen molar-refractivity contribution < 1.29 is 37.8 Å². The van der Waals surface area contributed by atoms with Crippen LogP contribution >= 0.6 is 15.2 Å². The molecule has 4 N–H and O–H groups in total. The second-order valence-corrected chi connectivity index (χ2v) is 12.6. The normalized spacial score (nSPS) is 11.6. The summed E-state index contributed by atoms with van der Waals surface area (Å²) >= 11 is 0. The van der Waals surface area contributed by atoms with Gasteiger partial charge in [-0.15, -0.1) is 0 Å². The fourth-order valence-electron chi connectivity index (χ4n) is 3.95. The lowest BCUT2D eigenvalue weighted by atomic mass is 9.95. The summed E-state index contributed by atoms with van der Waals surface area (Å²) in [6.07, 6.45) is 9.09. The second kappa shape index (κ2) is 13.0. The van der Waals surface area contributed by atoms with Gasteiger partial charge in [-0.25, -0.2) is 14.0 Å². The first-order valence-corrected chi connectivity index (χ1v) is 15.5. The summed E-state index contributed by atoms with van der Waals surface area (Å²) in [7, 11) is -8.10. The van der Waals surface area contributed by atoms with Gasteiger partial charge in [0.15, 0.2) is 43.6 Å². The highest BCUT2D eigenvalue weighted by Gasteiger charge is 2.17. The van der Waals surface area contributed by atoms with Crippen molar-refractivity contribution in [1.82, 2.24) is 0 Å². The van der Waals surface area contributed by atoms with Crippen LogP contribution in [0.3, 0.4) is 0 Å². The van der Waals surface area contributed by atoms with Gasteiger partial charge < -0.3 is 19.6 Å². The Balaban J connectivity index is 1.63. The SMILES string of the molecule is [C-]#[N+]c1cc(CCc2cc[n+](CCP(=O)(O)O)cc2)c(C#N)cc1CCc1cc[n+](CCP(=O)(O)O)cc1. The molecule has 198 valence electrons. The van der Waals surface area contributed by atoms with Crippen molar-refractivity contribution in [3.63, 3.8) is 0 Å². The summed E-state index contributed by atoms with van der Waals surface area (Å²) in [6, 6.07) is 13.3. The average Bonchev–Trinajstić information content (AvgIpc) is 2.88. The Morgan fingerprint density at radius 2 is 1.21 bits per heavy atom. The van der Waals surface area contributed by atoms with Gasteiger partial charge in [0.2, 0.25) is 0 Å². The first kappa shape index (κ1) is 29.4. The third kappa shape index (κ3) is 9.59. The molecule has 38 heavy (non-hydrogen) atoms. The highest BCUT2D eigenvalue weighted by molar-refractivity contribution is 7.51. The fourth-order valence-corrected chi connectivity index (χ4v) is 4.93. The minimum absolute atomic E-state index is 0.221. The molecule has 0 bridgehead atoms. The molecular formula is C26H30N4O6P2+2. The number of nitriles is 1. The van der Waals surface area contributed by atoms with Gasteiger partial charge in [-0.05, 0) is 47.9 Å². The molecule has 0 unspecified atom stereocenters. The minimum atomic E-state index is -4.05. The number of nitrogens with zero attached hydrogens (tertiary/aromatic N) is 4. The molecule has 3 rings (SSSR count). The number of pyridine rings is 2. The van der Waals surface area contributed by atoms with Crippen LogP contribution in [0.2, 0.25) is 0 Å². The van der Waals surface area contributed by atoms with E-state index in [-0.39, 0.29) is 25.4 Å². The van der Waals surface area contributed by atoms with Gasteiger partial charge in [0.25, 0.3) is 0 Å². The molecule has 3 aromatic rings. The van der Waals surface area contributed by atoms with E-state index in [0.29, 0.717) is 36.9 Å². The molecule has 0 amide bonds. The smallest absolute Gasteiger partial charge is 0.324 e. The summed E-state index contributed by atoms with van der Waals surface area (Å²) in [6.45, 7) is 8.08. The van der Waals surface area contributed by atoms with Crippen LogP contribution in [0.15, 0.2) is 61.2 Å². The van der Waals surface area contributed by atoms with Gasteiger partial charge in [0.05, 0.1) is 18.2 Å². The Kier molecular flexibility index (Phi) is 10.1. The molecule has 2 aromatic heterocycles. The van der Waals surface area contributed by atoms with E-state index in [1.165, 1.54) is 0 Å². The molecule has 0 spiro atoms. The lowest BCUT2D eigenvalue weighted by molar-refractivity contribution is -0.693. The largest absolute Gasteiger partial charge is 0.331 e. The third-order valence-electron chi connectivity index (χ3n) is 6.13. The molecule has 0 atom stereocenters. The van der Waals surface area contributed by atoms with Gasteiger partial charge in [0.1, 0.15) is 12.3 Å². The molecule has 0 aliphatic rings. The van der Waals surface area contributed by atoms with E-state index >= 15 is 0 Å². The van der Waals surface area contributed by atoms with E-state index < -0.39 is 15.2 Å². The Labute approximate surface area is 221 Å². The molecule has 0 saturated carbocycles. The predicted molar refractivity (Wildman–Crippen MR) is 139 cm³/mol. The van der Waals surface area contributed by atoms with E-state index in [1.807, 2.05) is 24.3 Å².